The molecule has 0 spiro atoms. The lowest BCUT2D eigenvalue weighted by molar-refractivity contribution is 0.476. The standard InChI is InChI=1S/C12H10F2O/c1-2-9-10-4-3-8(15)5-7(10)6-11(13)12(9)14/h3-6,15H,2H2,1H3. The average Bonchev–Trinajstić information content (AvgIpc) is 2.20. The van der Waals surface area contributed by atoms with E-state index < -0.39 is 11.6 Å². The number of hydrogen-bond acceptors (Lipinski definition) is 1. The van der Waals surface area contributed by atoms with Crippen molar-refractivity contribution in [2.24, 2.45) is 0 Å². The van der Waals surface area contributed by atoms with E-state index in [9.17, 15) is 13.9 Å². The number of benzene rings is 2. The Bertz CT molecular complexity index is 521. The summed E-state index contributed by atoms with van der Waals surface area (Å²) < 4.78 is 26.6. The number of aromatic hydroxyl groups is 1. The first-order valence-corrected chi connectivity index (χ1v) is 4.73. The largest absolute Gasteiger partial charge is 0.508 e. The maximum atomic E-state index is 13.4. The van der Waals surface area contributed by atoms with Crippen LogP contribution in [0.15, 0.2) is 24.3 Å². The highest BCUT2D eigenvalue weighted by molar-refractivity contribution is 5.87. The van der Waals surface area contributed by atoms with Gasteiger partial charge in [0, 0.05) is 0 Å². The molecule has 0 aliphatic rings. The Balaban J connectivity index is 2.88. The molecule has 0 saturated heterocycles. The summed E-state index contributed by atoms with van der Waals surface area (Å²) in [5, 5.41) is 10.4. The van der Waals surface area contributed by atoms with Crippen molar-refractivity contribution in [2.75, 3.05) is 0 Å². The van der Waals surface area contributed by atoms with Crippen molar-refractivity contribution in [1.82, 2.24) is 0 Å². The summed E-state index contributed by atoms with van der Waals surface area (Å²) >= 11 is 0. The summed E-state index contributed by atoms with van der Waals surface area (Å²) in [5.41, 5.74) is 0.352. The van der Waals surface area contributed by atoms with Gasteiger partial charge in [-0.1, -0.05) is 13.0 Å². The molecular weight excluding hydrogens is 198 g/mol. The molecule has 0 saturated carbocycles. The van der Waals surface area contributed by atoms with Crippen molar-refractivity contribution < 1.29 is 13.9 Å². The molecule has 2 rings (SSSR count). The lowest BCUT2D eigenvalue weighted by Crippen LogP contribution is -1.94. The van der Waals surface area contributed by atoms with E-state index in [0.29, 0.717) is 22.8 Å². The van der Waals surface area contributed by atoms with Gasteiger partial charge in [-0.3, -0.25) is 0 Å². The minimum Gasteiger partial charge on any atom is -0.508 e. The Kier molecular flexibility index (Phi) is 2.31. The van der Waals surface area contributed by atoms with Crippen molar-refractivity contribution in [3.8, 4) is 5.75 Å². The first-order valence-electron chi connectivity index (χ1n) is 4.73. The second-order valence-corrected chi connectivity index (χ2v) is 3.41. The number of phenols is 1. The molecule has 0 fully saturated rings. The Hall–Kier alpha value is -1.64. The van der Waals surface area contributed by atoms with Crippen LogP contribution in [0.4, 0.5) is 8.78 Å². The van der Waals surface area contributed by atoms with Gasteiger partial charge in [0.2, 0.25) is 0 Å². The van der Waals surface area contributed by atoms with E-state index in [1.165, 1.54) is 12.1 Å². The topological polar surface area (TPSA) is 20.2 Å². The number of rotatable bonds is 1. The van der Waals surface area contributed by atoms with E-state index >= 15 is 0 Å². The van der Waals surface area contributed by atoms with Gasteiger partial charge in [-0.25, -0.2) is 8.78 Å². The first-order chi connectivity index (χ1) is 7.13. The summed E-state index contributed by atoms with van der Waals surface area (Å²) in [5.74, 6) is -1.61. The fourth-order valence-electron chi connectivity index (χ4n) is 1.75. The number of fused-ring (bicyclic) bond motifs is 1. The SMILES string of the molecule is CCc1c(F)c(F)cc2cc(O)ccc12. The fourth-order valence-corrected chi connectivity index (χ4v) is 1.75. The van der Waals surface area contributed by atoms with Gasteiger partial charge in [-0.2, -0.15) is 0 Å². The molecule has 0 bridgehead atoms. The van der Waals surface area contributed by atoms with Crippen molar-refractivity contribution >= 4 is 10.8 Å². The third-order valence-electron chi connectivity index (χ3n) is 2.47. The molecular formula is C12H10F2O. The maximum Gasteiger partial charge on any atom is 0.162 e. The summed E-state index contributed by atoms with van der Waals surface area (Å²) in [6.07, 6.45) is 0.421. The molecule has 0 atom stereocenters. The molecule has 1 nitrogen and oxygen atoms in total. The molecule has 0 amide bonds. The Morgan fingerprint density at radius 2 is 1.93 bits per heavy atom. The molecule has 0 aromatic heterocycles. The van der Waals surface area contributed by atoms with E-state index in [0.717, 1.165) is 6.07 Å². The second kappa shape index (κ2) is 3.50. The highest BCUT2D eigenvalue weighted by atomic mass is 19.2. The number of hydrogen-bond donors (Lipinski definition) is 1. The molecule has 3 heteroatoms. The van der Waals surface area contributed by atoms with Crippen molar-refractivity contribution in [3.63, 3.8) is 0 Å². The predicted molar refractivity (Wildman–Crippen MR) is 54.9 cm³/mol. The molecule has 2 aromatic rings. The third-order valence-corrected chi connectivity index (χ3v) is 2.47. The fraction of sp³-hybridized carbons (Fsp3) is 0.167. The molecule has 78 valence electrons. The Morgan fingerprint density at radius 3 is 2.60 bits per heavy atom. The number of phenolic OH excluding ortho intramolecular Hbond substituents is 1. The molecule has 0 radical (unpaired) electrons. The minimum absolute atomic E-state index is 0.0514. The first kappa shape index (κ1) is 9.90. The molecule has 0 unspecified atom stereocenters. The van der Waals surface area contributed by atoms with E-state index in [4.69, 9.17) is 0 Å². The van der Waals surface area contributed by atoms with Gasteiger partial charge >= 0.3 is 0 Å². The van der Waals surface area contributed by atoms with Crippen molar-refractivity contribution in [2.45, 2.75) is 13.3 Å². The van der Waals surface area contributed by atoms with E-state index in [1.54, 1.807) is 13.0 Å². The summed E-state index contributed by atoms with van der Waals surface area (Å²) in [6.45, 7) is 1.77. The van der Waals surface area contributed by atoms with Crippen LogP contribution in [0.5, 0.6) is 5.75 Å². The minimum atomic E-state index is -0.870. The van der Waals surface area contributed by atoms with Gasteiger partial charge in [-0.05, 0) is 41.0 Å². The Labute approximate surface area is 86.0 Å². The molecule has 0 heterocycles. The maximum absolute atomic E-state index is 13.4. The van der Waals surface area contributed by atoms with Gasteiger partial charge < -0.3 is 5.11 Å². The van der Waals surface area contributed by atoms with Crippen molar-refractivity contribution in [1.29, 1.82) is 0 Å². The summed E-state index contributed by atoms with van der Waals surface area (Å²) in [6, 6.07) is 5.60. The van der Waals surface area contributed by atoms with Crippen LogP contribution in [0, 0.1) is 11.6 Å². The van der Waals surface area contributed by atoms with Crippen molar-refractivity contribution in [3.05, 3.63) is 41.5 Å². The molecule has 0 aliphatic carbocycles. The highest BCUT2D eigenvalue weighted by Crippen LogP contribution is 2.27. The second-order valence-electron chi connectivity index (χ2n) is 3.41. The normalized spacial score (nSPS) is 10.9. The van der Waals surface area contributed by atoms with E-state index in [-0.39, 0.29) is 5.75 Å². The van der Waals surface area contributed by atoms with Gasteiger partial charge in [0.25, 0.3) is 0 Å². The van der Waals surface area contributed by atoms with Crippen LogP contribution in [0.3, 0.4) is 0 Å². The van der Waals surface area contributed by atoms with E-state index in [2.05, 4.69) is 0 Å². The molecule has 2 aromatic carbocycles. The van der Waals surface area contributed by atoms with Gasteiger partial charge in [0.05, 0.1) is 0 Å². The monoisotopic (exact) mass is 208 g/mol. The van der Waals surface area contributed by atoms with Crippen LogP contribution in [0.1, 0.15) is 12.5 Å². The van der Waals surface area contributed by atoms with Crippen LogP contribution in [-0.4, -0.2) is 5.11 Å². The number of halogens is 2. The lowest BCUT2D eigenvalue weighted by atomic mass is 10.0. The molecule has 0 aliphatic heterocycles. The molecule has 15 heavy (non-hydrogen) atoms. The zero-order chi connectivity index (χ0) is 11.0. The number of aryl methyl sites for hydroxylation is 1. The van der Waals surface area contributed by atoms with Crippen LogP contribution >= 0.6 is 0 Å². The van der Waals surface area contributed by atoms with Crippen LogP contribution in [0.25, 0.3) is 10.8 Å². The third kappa shape index (κ3) is 1.54. The quantitative estimate of drug-likeness (QED) is 0.761. The summed E-state index contributed by atoms with van der Waals surface area (Å²) in [4.78, 5) is 0. The predicted octanol–water partition coefficient (Wildman–Crippen LogP) is 3.39. The van der Waals surface area contributed by atoms with Gasteiger partial charge in [0.1, 0.15) is 5.75 Å². The average molecular weight is 208 g/mol. The van der Waals surface area contributed by atoms with Crippen LogP contribution in [0.2, 0.25) is 0 Å². The lowest BCUT2D eigenvalue weighted by Gasteiger charge is -2.07. The summed E-state index contributed by atoms with van der Waals surface area (Å²) in [7, 11) is 0. The van der Waals surface area contributed by atoms with Gasteiger partial charge in [-0.15, -0.1) is 0 Å². The van der Waals surface area contributed by atoms with Crippen LogP contribution in [-0.2, 0) is 6.42 Å². The van der Waals surface area contributed by atoms with Gasteiger partial charge in [0.15, 0.2) is 11.6 Å². The van der Waals surface area contributed by atoms with Crippen LogP contribution < -0.4 is 0 Å². The Morgan fingerprint density at radius 1 is 1.20 bits per heavy atom. The van der Waals surface area contributed by atoms with E-state index in [1.807, 2.05) is 0 Å². The highest BCUT2D eigenvalue weighted by Gasteiger charge is 2.11. The zero-order valence-electron chi connectivity index (χ0n) is 8.22. The smallest absolute Gasteiger partial charge is 0.162 e. The zero-order valence-corrected chi connectivity index (χ0v) is 8.22. The molecule has 1 N–H and O–H groups in total.